The average molecular weight is 367 g/mol. The van der Waals surface area contributed by atoms with Gasteiger partial charge < -0.3 is 5.73 Å². The van der Waals surface area contributed by atoms with E-state index >= 15 is 0 Å². The van der Waals surface area contributed by atoms with E-state index in [1.165, 1.54) is 17.1 Å². The van der Waals surface area contributed by atoms with Crippen LogP contribution in [0.3, 0.4) is 0 Å². The number of hydrogen-bond acceptors (Lipinski definition) is 5. The van der Waals surface area contributed by atoms with Crippen molar-refractivity contribution in [2.24, 2.45) is 5.73 Å². The fraction of sp³-hybridized carbons (Fsp3) is 0.105. The molecule has 0 aliphatic rings. The fourth-order valence-electron chi connectivity index (χ4n) is 2.81. The van der Waals surface area contributed by atoms with Crippen molar-refractivity contribution in [3.05, 3.63) is 77.2 Å². The standard InChI is InChI=1S/C19H15ClN4S/c20-14-8-6-13(7-9-14)16-18-19(25-24-16)17(22-11-23-18)15(21)10-12-4-2-1-3-5-12/h1-9,11,15H,10,21H2. The number of nitrogens with zero attached hydrogens (tertiary/aromatic N) is 3. The zero-order valence-corrected chi connectivity index (χ0v) is 14.8. The van der Waals surface area contributed by atoms with Crippen molar-refractivity contribution in [3.63, 3.8) is 0 Å². The largest absolute Gasteiger partial charge is 0.322 e. The summed E-state index contributed by atoms with van der Waals surface area (Å²) in [5.74, 6) is 0. The van der Waals surface area contributed by atoms with Gasteiger partial charge in [0.15, 0.2) is 0 Å². The molecule has 2 heterocycles. The maximum atomic E-state index is 6.43. The van der Waals surface area contributed by atoms with Crippen LogP contribution in [-0.4, -0.2) is 14.3 Å². The lowest BCUT2D eigenvalue weighted by Gasteiger charge is -2.11. The normalized spacial score (nSPS) is 12.4. The minimum Gasteiger partial charge on any atom is -0.322 e. The first-order valence-corrected chi connectivity index (χ1v) is 9.03. The fourth-order valence-corrected chi connectivity index (χ4v) is 3.84. The number of hydrogen-bond donors (Lipinski definition) is 1. The lowest BCUT2D eigenvalue weighted by molar-refractivity contribution is 0.703. The summed E-state index contributed by atoms with van der Waals surface area (Å²) >= 11 is 7.37. The highest BCUT2D eigenvalue weighted by Crippen LogP contribution is 2.33. The summed E-state index contributed by atoms with van der Waals surface area (Å²) in [7, 11) is 0. The lowest BCUT2D eigenvalue weighted by Crippen LogP contribution is -2.15. The summed E-state index contributed by atoms with van der Waals surface area (Å²) in [6, 6.07) is 17.6. The Morgan fingerprint density at radius 2 is 1.76 bits per heavy atom. The predicted octanol–water partition coefficient (Wildman–Crippen LogP) is 4.65. The first-order chi connectivity index (χ1) is 12.2. The molecule has 0 amide bonds. The van der Waals surface area contributed by atoms with Crippen LogP contribution >= 0.6 is 23.1 Å². The molecule has 0 saturated heterocycles. The predicted molar refractivity (Wildman–Crippen MR) is 103 cm³/mol. The molecule has 0 spiro atoms. The van der Waals surface area contributed by atoms with Gasteiger partial charge in [-0.3, -0.25) is 0 Å². The zero-order chi connectivity index (χ0) is 17.2. The highest BCUT2D eigenvalue weighted by Gasteiger charge is 2.18. The van der Waals surface area contributed by atoms with Gasteiger partial charge in [0.2, 0.25) is 0 Å². The molecule has 1 atom stereocenters. The van der Waals surface area contributed by atoms with E-state index in [9.17, 15) is 0 Å². The molecular formula is C19H15ClN4S. The van der Waals surface area contributed by atoms with Crippen molar-refractivity contribution >= 4 is 33.4 Å². The molecule has 4 nitrogen and oxygen atoms in total. The minimum absolute atomic E-state index is 0.202. The van der Waals surface area contributed by atoms with Crippen LogP contribution < -0.4 is 5.73 Å². The van der Waals surface area contributed by atoms with Crippen LogP contribution in [-0.2, 0) is 6.42 Å². The number of nitrogens with two attached hydrogens (primary N) is 1. The molecule has 0 fully saturated rings. The number of fused-ring (bicyclic) bond motifs is 1. The number of aromatic nitrogens is 3. The molecule has 4 rings (SSSR count). The second-order valence-electron chi connectivity index (χ2n) is 5.77. The smallest absolute Gasteiger partial charge is 0.116 e. The van der Waals surface area contributed by atoms with Gasteiger partial charge in [-0.05, 0) is 35.6 Å². The maximum absolute atomic E-state index is 6.43. The van der Waals surface area contributed by atoms with E-state index in [4.69, 9.17) is 17.3 Å². The number of halogens is 1. The third kappa shape index (κ3) is 3.26. The molecule has 0 bridgehead atoms. The van der Waals surface area contributed by atoms with E-state index in [2.05, 4.69) is 26.5 Å². The van der Waals surface area contributed by atoms with Gasteiger partial charge in [0, 0.05) is 10.6 Å². The van der Waals surface area contributed by atoms with Crippen molar-refractivity contribution in [2.45, 2.75) is 12.5 Å². The monoisotopic (exact) mass is 366 g/mol. The highest BCUT2D eigenvalue weighted by atomic mass is 35.5. The van der Waals surface area contributed by atoms with Crippen molar-refractivity contribution in [1.29, 1.82) is 0 Å². The molecule has 2 aromatic carbocycles. The van der Waals surface area contributed by atoms with Gasteiger partial charge in [-0.2, -0.15) is 4.37 Å². The summed E-state index contributed by atoms with van der Waals surface area (Å²) < 4.78 is 5.53. The molecule has 0 aliphatic carbocycles. The third-order valence-corrected chi connectivity index (χ3v) is 5.16. The van der Waals surface area contributed by atoms with E-state index < -0.39 is 0 Å². The van der Waals surface area contributed by atoms with E-state index in [0.29, 0.717) is 5.02 Å². The topological polar surface area (TPSA) is 64.7 Å². The molecule has 0 saturated carbocycles. The van der Waals surface area contributed by atoms with Crippen LogP contribution in [0.2, 0.25) is 5.02 Å². The molecule has 4 aromatic rings. The van der Waals surface area contributed by atoms with Crippen molar-refractivity contribution < 1.29 is 0 Å². The molecular weight excluding hydrogens is 352 g/mol. The molecule has 25 heavy (non-hydrogen) atoms. The first kappa shape index (κ1) is 16.1. The second kappa shape index (κ2) is 6.88. The van der Waals surface area contributed by atoms with Crippen LogP contribution in [0, 0.1) is 0 Å². The van der Waals surface area contributed by atoms with Gasteiger partial charge >= 0.3 is 0 Å². The van der Waals surface area contributed by atoms with E-state index in [-0.39, 0.29) is 6.04 Å². The molecule has 6 heteroatoms. The Labute approximate surface area is 154 Å². The summed E-state index contributed by atoms with van der Waals surface area (Å²) in [5.41, 5.74) is 11.1. The molecule has 1 unspecified atom stereocenters. The Balaban J connectivity index is 1.72. The lowest BCUT2D eigenvalue weighted by atomic mass is 10.0. The second-order valence-corrected chi connectivity index (χ2v) is 6.98. The SMILES string of the molecule is NC(Cc1ccccc1)c1ncnc2c(-c3ccc(Cl)cc3)nsc12. The van der Waals surface area contributed by atoms with Crippen LogP contribution in [0.15, 0.2) is 60.9 Å². The van der Waals surface area contributed by atoms with E-state index in [1.807, 2.05) is 42.5 Å². The number of rotatable bonds is 4. The third-order valence-electron chi connectivity index (χ3n) is 4.05. The zero-order valence-electron chi connectivity index (χ0n) is 13.3. The Bertz CT molecular complexity index is 999. The van der Waals surface area contributed by atoms with E-state index in [0.717, 1.165) is 33.6 Å². The summed E-state index contributed by atoms with van der Waals surface area (Å²) in [6.45, 7) is 0. The van der Waals surface area contributed by atoms with Gasteiger partial charge in [-0.1, -0.05) is 54.1 Å². The maximum Gasteiger partial charge on any atom is 0.116 e. The van der Waals surface area contributed by atoms with Crippen LogP contribution in [0.1, 0.15) is 17.3 Å². The molecule has 0 radical (unpaired) electrons. The van der Waals surface area contributed by atoms with Gasteiger partial charge in [0.05, 0.1) is 16.4 Å². The van der Waals surface area contributed by atoms with E-state index in [1.54, 1.807) is 6.33 Å². The Morgan fingerprint density at radius 1 is 1.00 bits per heavy atom. The highest BCUT2D eigenvalue weighted by molar-refractivity contribution is 7.13. The van der Waals surface area contributed by atoms with Gasteiger partial charge in [0.25, 0.3) is 0 Å². The Morgan fingerprint density at radius 3 is 2.52 bits per heavy atom. The van der Waals surface area contributed by atoms with Crippen LogP contribution in [0.25, 0.3) is 21.5 Å². The number of benzene rings is 2. The van der Waals surface area contributed by atoms with Crippen molar-refractivity contribution in [1.82, 2.24) is 14.3 Å². The average Bonchev–Trinajstić information content (AvgIpc) is 3.07. The summed E-state index contributed by atoms with van der Waals surface area (Å²) in [4.78, 5) is 8.88. The Kier molecular flexibility index (Phi) is 4.44. The Hall–Kier alpha value is -2.34. The molecule has 2 N–H and O–H groups in total. The summed E-state index contributed by atoms with van der Waals surface area (Å²) in [5, 5.41) is 0.698. The summed E-state index contributed by atoms with van der Waals surface area (Å²) in [6.07, 6.45) is 2.29. The van der Waals surface area contributed by atoms with Gasteiger partial charge in [-0.15, -0.1) is 0 Å². The van der Waals surface area contributed by atoms with Crippen molar-refractivity contribution in [2.75, 3.05) is 0 Å². The van der Waals surface area contributed by atoms with Crippen molar-refractivity contribution in [3.8, 4) is 11.3 Å². The molecule has 0 aliphatic heterocycles. The molecule has 2 aromatic heterocycles. The first-order valence-electron chi connectivity index (χ1n) is 7.88. The van der Waals surface area contributed by atoms with Crippen LogP contribution in [0.5, 0.6) is 0 Å². The van der Waals surface area contributed by atoms with Crippen LogP contribution in [0.4, 0.5) is 0 Å². The quantitative estimate of drug-likeness (QED) is 0.571. The minimum atomic E-state index is -0.202. The van der Waals surface area contributed by atoms with Gasteiger partial charge in [-0.25, -0.2) is 9.97 Å². The van der Waals surface area contributed by atoms with Gasteiger partial charge in [0.1, 0.15) is 17.5 Å². The molecule has 124 valence electrons.